The molecule has 4 rings (SSSR count). The molecule has 0 bridgehead atoms. The molecule has 0 amide bonds. The minimum Gasteiger partial charge on any atom is -0.497 e. The monoisotopic (exact) mass is 480 g/mol. The molecule has 0 unspecified atom stereocenters. The average molecular weight is 481 g/mol. The van der Waals surface area contributed by atoms with E-state index in [2.05, 4.69) is 90.2 Å². The van der Waals surface area contributed by atoms with Gasteiger partial charge in [-0.25, -0.2) is 0 Å². The van der Waals surface area contributed by atoms with Crippen molar-refractivity contribution in [2.75, 3.05) is 46.3 Å². The number of aromatic nitrogens is 1. The van der Waals surface area contributed by atoms with E-state index in [-0.39, 0.29) is 0 Å². The van der Waals surface area contributed by atoms with Crippen LogP contribution in [0.5, 0.6) is 11.5 Å². The third-order valence-electron chi connectivity index (χ3n) is 5.48. The zero-order chi connectivity index (χ0) is 23.4. The first-order valence-corrected chi connectivity index (χ1v) is 12.4. The Balaban J connectivity index is 1.51. The summed E-state index contributed by atoms with van der Waals surface area (Å²) in [5.41, 5.74) is 2.45. The molecule has 5 nitrogen and oxygen atoms in total. The highest BCUT2D eigenvalue weighted by molar-refractivity contribution is 8.03. The van der Waals surface area contributed by atoms with Crippen LogP contribution < -0.4 is 18.9 Å². The number of nitrogens with zero attached hydrogens (tertiary/aromatic N) is 3. The third-order valence-corrected chi connectivity index (χ3v) is 7.76. The van der Waals surface area contributed by atoms with Crippen molar-refractivity contribution in [3.63, 3.8) is 0 Å². The van der Waals surface area contributed by atoms with Crippen LogP contribution in [0.25, 0.3) is 16.3 Å². The van der Waals surface area contributed by atoms with Gasteiger partial charge in [0.2, 0.25) is 5.52 Å². The number of aryl methyl sites for hydroxylation is 1. The molecular weight excluding hydrogens is 450 g/mol. The second-order valence-electron chi connectivity index (χ2n) is 7.97. The van der Waals surface area contributed by atoms with Gasteiger partial charge in [-0.3, -0.25) is 0 Å². The van der Waals surface area contributed by atoms with E-state index in [1.165, 1.54) is 30.8 Å². The first kappa shape index (κ1) is 23.4. The van der Waals surface area contributed by atoms with Gasteiger partial charge in [0.05, 0.1) is 24.9 Å². The van der Waals surface area contributed by atoms with Crippen LogP contribution in [0.3, 0.4) is 0 Å². The Morgan fingerprint density at radius 3 is 2.52 bits per heavy atom. The number of fused-ring (bicyclic) bond motifs is 2. The lowest BCUT2D eigenvalue weighted by molar-refractivity contribution is -0.642. The molecular formula is C26H30N3O2S2+. The fourth-order valence-electron chi connectivity index (χ4n) is 3.63. The van der Waals surface area contributed by atoms with Gasteiger partial charge in [-0.1, -0.05) is 41.3 Å². The van der Waals surface area contributed by atoms with Gasteiger partial charge in [0, 0.05) is 36.2 Å². The van der Waals surface area contributed by atoms with Crippen molar-refractivity contribution >= 4 is 45.1 Å². The van der Waals surface area contributed by atoms with E-state index in [9.17, 15) is 0 Å². The van der Waals surface area contributed by atoms with Gasteiger partial charge in [-0.15, -0.1) is 0 Å². The number of thiazole rings is 1. The first-order chi connectivity index (χ1) is 16.0. The van der Waals surface area contributed by atoms with Crippen LogP contribution in [0.15, 0.2) is 70.6 Å². The predicted octanol–water partition coefficient (Wildman–Crippen LogP) is 5.33. The van der Waals surface area contributed by atoms with Gasteiger partial charge >= 0.3 is 0 Å². The standard InChI is InChI=1S/C26H30N3O2S2/c1-27(2)15-16-29-22-14-12-20(31-5)18-24(22)33-26(29)10-8-6-7-9-25-28(3)21-13-11-19(30-4)17-23(21)32-25/h6-14,17-18H,15-16H2,1-5H3/q+1. The zero-order valence-electron chi connectivity index (χ0n) is 19.7. The van der Waals surface area contributed by atoms with Crippen molar-refractivity contribution in [2.45, 2.75) is 4.90 Å². The van der Waals surface area contributed by atoms with Crippen molar-refractivity contribution < 1.29 is 14.0 Å². The van der Waals surface area contributed by atoms with Crippen molar-refractivity contribution in [3.05, 3.63) is 70.7 Å². The summed E-state index contributed by atoms with van der Waals surface area (Å²) >= 11 is 3.55. The van der Waals surface area contributed by atoms with Crippen LogP contribution in [-0.2, 0) is 7.05 Å². The van der Waals surface area contributed by atoms with Crippen LogP contribution in [0.2, 0.25) is 0 Å². The molecule has 3 aromatic rings. The molecule has 0 aliphatic carbocycles. The number of methoxy groups -OCH3 is 2. The number of likely N-dealkylation sites (N-methyl/N-ethyl adjacent to an activating group) is 1. The second-order valence-corrected chi connectivity index (χ2v) is 10.1. The SMILES string of the molecule is COc1ccc2c(c1)S\C(=C/C=C/C=C/c1sc3cc(OC)ccc3[n+]1C)N2CCN(C)C. The van der Waals surface area contributed by atoms with Crippen molar-refractivity contribution in [2.24, 2.45) is 7.05 Å². The normalized spacial score (nSPS) is 15.0. The lowest BCUT2D eigenvalue weighted by atomic mass is 10.2. The van der Waals surface area contributed by atoms with Crippen LogP contribution in [0, 0.1) is 0 Å². The number of ether oxygens (including phenoxy) is 2. The summed E-state index contributed by atoms with van der Waals surface area (Å²) in [5, 5.41) is 2.42. The average Bonchev–Trinajstić information content (AvgIpc) is 3.32. The Bertz CT molecular complexity index is 1230. The van der Waals surface area contributed by atoms with Gasteiger partial charge in [-0.05, 0) is 44.4 Å². The van der Waals surface area contributed by atoms with E-state index in [4.69, 9.17) is 9.47 Å². The maximum absolute atomic E-state index is 5.42. The molecule has 0 atom stereocenters. The molecule has 0 fully saturated rings. The molecule has 0 saturated heterocycles. The van der Waals surface area contributed by atoms with Crippen LogP contribution in [0.1, 0.15) is 5.01 Å². The number of thioether (sulfide) groups is 1. The molecule has 1 aromatic heterocycles. The summed E-state index contributed by atoms with van der Waals surface area (Å²) in [5.74, 6) is 1.78. The van der Waals surface area contributed by atoms with E-state index in [1.807, 2.05) is 12.1 Å². The minimum atomic E-state index is 0.887. The quantitative estimate of drug-likeness (QED) is 0.321. The third kappa shape index (κ3) is 5.27. The van der Waals surface area contributed by atoms with Crippen molar-refractivity contribution in [3.8, 4) is 11.5 Å². The molecule has 7 heteroatoms. The smallest absolute Gasteiger partial charge is 0.262 e. The lowest BCUT2D eigenvalue weighted by Crippen LogP contribution is -2.28. The Labute approximate surface area is 204 Å². The summed E-state index contributed by atoms with van der Waals surface area (Å²) in [7, 11) is 9.73. The van der Waals surface area contributed by atoms with E-state index in [0.717, 1.165) is 24.6 Å². The van der Waals surface area contributed by atoms with Gasteiger partial charge in [0.1, 0.15) is 23.2 Å². The van der Waals surface area contributed by atoms with Gasteiger partial charge in [0.15, 0.2) is 0 Å². The zero-order valence-corrected chi connectivity index (χ0v) is 21.4. The fourth-order valence-corrected chi connectivity index (χ4v) is 5.85. The molecule has 2 heterocycles. The summed E-state index contributed by atoms with van der Waals surface area (Å²) in [6, 6.07) is 12.5. The second kappa shape index (κ2) is 10.5. The van der Waals surface area contributed by atoms with E-state index in [1.54, 1.807) is 37.3 Å². The lowest BCUT2D eigenvalue weighted by Gasteiger charge is -2.22. The molecule has 0 radical (unpaired) electrons. The Morgan fingerprint density at radius 1 is 1.00 bits per heavy atom. The number of hydrogen-bond acceptors (Lipinski definition) is 6. The number of benzene rings is 2. The number of anilines is 1. The van der Waals surface area contributed by atoms with E-state index >= 15 is 0 Å². The number of hydrogen-bond donors (Lipinski definition) is 0. The molecule has 33 heavy (non-hydrogen) atoms. The highest BCUT2D eigenvalue weighted by atomic mass is 32.2. The largest absolute Gasteiger partial charge is 0.497 e. The molecule has 1 aliphatic rings. The molecule has 0 N–H and O–H groups in total. The molecule has 172 valence electrons. The minimum absolute atomic E-state index is 0.887. The maximum atomic E-state index is 5.42. The Kier molecular flexibility index (Phi) is 7.42. The van der Waals surface area contributed by atoms with Gasteiger partial charge in [0.25, 0.3) is 5.01 Å². The highest BCUT2D eigenvalue weighted by Gasteiger charge is 2.25. The predicted molar refractivity (Wildman–Crippen MR) is 141 cm³/mol. The summed E-state index contributed by atoms with van der Waals surface area (Å²) < 4.78 is 14.2. The molecule has 0 saturated carbocycles. The summed E-state index contributed by atoms with van der Waals surface area (Å²) in [6.45, 7) is 1.93. The molecule has 1 aliphatic heterocycles. The molecule has 0 spiro atoms. The van der Waals surface area contributed by atoms with Gasteiger partial charge < -0.3 is 19.3 Å². The van der Waals surface area contributed by atoms with Crippen molar-refractivity contribution in [1.29, 1.82) is 0 Å². The van der Waals surface area contributed by atoms with E-state index < -0.39 is 0 Å². The molecule has 2 aromatic carbocycles. The Morgan fingerprint density at radius 2 is 1.76 bits per heavy atom. The topological polar surface area (TPSA) is 28.8 Å². The summed E-state index contributed by atoms with van der Waals surface area (Å²) in [4.78, 5) is 5.83. The van der Waals surface area contributed by atoms with Crippen LogP contribution in [-0.4, -0.2) is 46.3 Å². The highest BCUT2D eigenvalue weighted by Crippen LogP contribution is 2.47. The maximum Gasteiger partial charge on any atom is 0.262 e. The Hall–Kier alpha value is -2.74. The van der Waals surface area contributed by atoms with E-state index in [0.29, 0.717) is 0 Å². The first-order valence-electron chi connectivity index (χ1n) is 10.8. The van der Waals surface area contributed by atoms with Crippen LogP contribution in [0.4, 0.5) is 5.69 Å². The van der Waals surface area contributed by atoms with Gasteiger partial charge in [-0.2, -0.15) is 4.57 Å². The number of rotatable bonds is 8. The fraction of sp³-hybridized carbons (Fsp3) is 0.269. The van der Waals surface area contributed by atoms with Crippen LogP contribution >= 0.6 is 23.1 Å². The summed E-state index contributed by atoms with van der Waals surface area (Å²) in [6.07, 6.45) is 10.6. The number of allylic oxidation sites excluding steroid dienone is 4. The van der Waals surface area contributed by atoms with Crippen molar-refractivity contribution in [1.82, 2.24) is 4.90 Å².